The number of thiophene rings is 1. The summed E-state index contributed by atoms with van der Waals surface area (Å²) in [4.78, 5) is 11.5. The molecule has 146 valence electrons. The van der Waals surface area contributed by atoms with E-state index in [2.05, 4.69) is 16.7 Å². The van der Waals surface area contributed by atoms with Crippen molar-refractivity contribution in [2.24, 2.45) is 0 Å². The second-order valence-electron chi connectivity index (χ2n) is 6.04. The maximum Gasteiger partial charge on any atom is 0.271 e. The van der Waals surface area contributed by atoms with E-state index >= 15 is 0 Å². The van der Waals surface area contributed by atoms with Gasteiger partial charge in [0.05, 0.1) is 15.6 Å². The standard InChI is InChI=1S/C20H20ClN3O3S/c21-19-12-16(24(25)26)5-8-20(19)23-10-9-22-13-15-3-6-17(7-4-15)27-14-18-2-1-11-28-18/h1-8,11-12,22-23H,9-10,13-14H2. The van der Waals surface area contributed by atoms with Gasteiger partial charge >= 0.3 is 0 Å². The third-order valence-corrected chi connectivity index (χ3v) is 5.16. The Labute approximate surface area is 172 Å². The topological polar surface area (TPSA) is 76.4 Å². The van der Waals surface area contributed by atoms with Gasteiger partial charge in [0.15, 0.2) is 0 Å². The Hall–Kier alpha value is -2.61. The zero-order valence-corrected chi connectivity index (χ0v) is 16.6. The monoisotopic (exact) mass is 417 g/mol. The number of ether oxygens (including phenoxy) is 1. The fraction of sp³-hybridized carbons (Fsp3) is 0.200. The van der Waals surface area contributed by atoms with Crippen LogP contribution in [0.2, 0.25) is 5.02 Å². The maximum atomic E-state index is 10.7. The van der Waals surface area contributed by atoms with Crippen molar-refractivity contribution < 1.29 is 9.66 Å². The highest BCUT2D eigenvalue weighted by Crippen LogP contribution is 2.26. The molecule has 0 bridgehead atoms. The maximum absolute atomic E-state index is 10.7. The number of benzene rings is 2. The normalized spacial score (nSPS) is 10.6. The van der Waals surface area contributed by atoms with Crippen LogP contribution in [0.15, 0.2) is 60.0 Å². The molecule has 3 rings (SSSR count). The van der Waals surface area contributed by atoms with Crippen LogP contribution in [0.1, 0.15) is 10.4 Å². The fourth-order valence-corrected chi connectivity index (χ4v) is 3.39. The van der Waals surface area contributed by atoms with Gasteiger partial charge < -0.3 is 15.4 Å². The van der Waals surface area contributed by atoms with E-state index in [9.17, 15) is 10.1 Å². The van der Waals surface area contributed by atoms with E-state index in [-0.39, 0.29) is 5.69 Å². The van der Waals surface area contributed by atoms with Crippen LogP contribution in [0.4, 0.5) is 11.4 Å². The first-order chi connectivity index (χ1) is 13.6. The lowest BCUT2D eigenvalue weighted by Crippen LogP contribution is -2.21. The average Bonchev–Trinajstić information content (AvgIpc) is 3.21. The summed E-state index contributed by atoms with van der Waals surface area (Å²) < 4.78 is 5.76. The second kappa shape index (κ2) is 10.1. The van der Waals surface area contributed by atoms with Crippen LogP contribution in [0.5, 0.6) is 5.75 Å². The molecule has 1 aromatic heterocycles. The molecule has 0 fully saturated rings. The highest BCUT2D eigenvalue weighted by atomic mass is 35.5. The first-order valence-corrected chi connectivity index (χ1v) is 10.0. The molecule has 0 spiro atoms. The SMILES string of the molecule is O=[N+]([O-])c1ccc(NCCNCc2ccc(OCc3cccs3)cc2)c(Cl)c1. The molecular formula is C20H20ClN3O3S. The van der Waals surface area contributed by atoms with E-state index in [0.717, 1.165) is 24.4 Å². The van der Waals surface area contributed by atoms with Crippen molar-refractivity contribution in [1.82, 2.24) is 5.32 Å². The average molecular weight is 418 g/mol. The minimum atomic E-state index is -0.463. The quantitative estimate of drug-likeness (QED) is 0.273. The van der Waals surface area contributed by atoms with Gasteiger partial charge in [-0.1, -0.05) is 29.8 Å². The van der Waals surface area contributed by atoms with Crippen molar-refractivity contribution in [3.8, 4) is 5.75 Å². The summed E-state index contributed by atoms with van der Waals surface area (Å²) >= 11 is 7.74. The van der Waals surface area contributed by atoms with Gasteiger partial charge in [0.2, 0.25) is 0 Å². The van der Waals surface area contributed by atoms with Crippen LogP contribution < -0.4 is 15.4 Å². The Morgan fingerprint density at radius 2 is 1.93 bits per heavy atom. The Morgan fingerprint density at radius 1 is 1.11 bits per heavy atom. The van der Waals surface area contributed by atoms with Gasteiger partial charge in [-0.15, -0.1) is 11.3 Å². The third kappa shape index (κ3) is 5.95. The minimum absolute atomic E-state index is 0.0171. The number of nitro groups is 1. The smallest absolute Gasteiger partial charge is 0.271 e. The zero-order chi connectivity index (χ0) is 19.8. The van der Waals surface area contributed by atoms with Crippen molar-refractivity contribution >= 4 is 34.3 Å². The molecule has 0 amide bonds. The lowest BCUT2D eigenvalue weighted by molar-refractivity contribution is -0.384. The van der Waals surface area contributed by atoms with Crippen molar-refractivity contribution in [3.05, 3.63) is 85.6 Å². The van der Waals surface area contributed by atoms with Crippen LogP contribution in [-0.2, 0) is 13.2 Å². The second-order valence-corrected chi connectivity index (χ2v) is 7.48. The number of nitrogens with one attached hydrogen (secondary N) is 2. The number of hydrogen-bond acceptors (Lipinski definition) is 6. The number of non-ortho nitro benzene ring substituents is 1. The van der Waals surface area contributed by atoms with Crippen molar-refractivity contribution in [1.29, 1.82) is 0 Å². The van der Waals surface area contributed by atoms with Crippen LogP contribution in [-0.4, -0.2) is 18.0 Å². The number of anilines is 1. The van der Waals surface area contributed by atoms with Gasteiger partial charge in [-0.05, 0) is 35.2 Å². The summed E-state index contributed by atoms with van der Waals surface area (Å²) in [6.45, 7) is 2.70. The fourth-order valence-electron chi connectivity index (χ4n) is 2.53. The lowest BCUT2D eigenvalue weighted by atomic mass is 10.2. The van der Waals surface area contributed by atoms with E-state index < -0.39 is 4.92 Å². The largest absolute Gasteiger partial charge is 0.488 e. The Balaban J connectivity index is 1.36. The molecule has 0 saturated heterocycles. The molecule has 0 aliphatic rings. The molecule has 0 saturated carbocycles. The number of halogens is 1. The summed E-state index contributed by atoms with van der Waals surface area (Å²) in [5.41, 5.74) is 1.83. The molecule has 1 heterocycles. The molecule has 0 radical (unpaired) electrons. The predicted octanol–water partition coefficient (Wildman–Crippen LogP) is 5.09. The van der Waals surface area contributed by atoms with Gasteiger partial charge in [-0.25, -0.2) is 0 Å². The third-order valence-electron chi connectivity index (χ3n) is 3.99. The van der Waals surface area contributed by atoms with E-state index in [0.29, 0.717) is 23.9 Å². The van der Waals surface area contributed by atoms with E-state index in [1.807, 2.05) is 35.7 Å². The highest BCUT2D eigenvalue weighted by Gasteiger charge is 2.08. The number of nitrogens with zero attached hydrogens (tertiary/aromatic N) is 1. The van der Waals surface area contributed by atoms with Crippen LogP contribution in [0.3, 0.4) is 0 Å². The zero-order valence-electron chi connectivity index (χ0n) is 15.1. The summed E-state index contributed by atoms with van der Waals surface area (Å²) in [6, 6.07) is 16.5. The van der Waals surface area contributed by atoms with Crippen LogP contribution in [0, 0.1) is 10.1 Å². The van der Waals surface area contributed by atoms with Crippen LogP contribution in [0.25, 0.3) is 0 Å². The Kier molecular flexibility index (Phi) is 7.25. The first kappa shape index (κ1) is 20.1. The van der Waals surface area contributed by atoms with Crippen molar-refractivity contribution in [2.45, 2.75) is 13.2 Å². The van der Waals surface area contributed by atoms with Crippen molar-refractivity contribution in [3.63, 3.8) is 0 Å². The predicted molar refractivity (Wildman–Crippen MR) is 113 cm³/mol. The molecular weight excluding hydrogens is 398 g/mol. The number of hydrogen-bond donors (Lipinski definition) is 2. The lowest BCUT2D eigenvalue weighted by Gasteiger charge is -2.10. The molecule has 0 atom stereocenters. The van der Waals surface area contributed by atoms with Gasteiger partial charge in [-0.2, -0.15) is 0 Å². The van der Waals surface area contributed by atoms with E-state index in [4.69, 9.17) is 16.3 Å². The molecule has 0 aliphatic carbocycles. The van der Waals surface area contributed by atoms with Gasteiger partial charge in [0.1, 0.15) is 12.4 Å². The Morgan fingerprint density at radius 3 is 2.61 bits per heavy atom. The number of nitro benzene ring substituents is 1. The molecule has 2 aromatic carbocycles. The van der Waals surface area contributed by atoms with Crippen LogP contribution >= 0.6 is 22.9 Å². The van der Waals surface area contributed by atoms with Gasteiger partial charge in [0.25, 0.3) is 5.69 Å². The Bertz CT molecular complexity index is 902. The molecule has 28 heavy (non-hydrogen) atoms. The summed E-state index contributed by atoms with van der Waals surface area (Å²) in [5.74, 6) is 0.853. The minimum Gasteiger partial charge on any atom is -0.488 e. The van der Waals surface area contributed by atoms with Gasteiger partial charge in [-0.3, -0.25) is 10.1 Å². The summed E-state index contributed by atoms with van der Waals surface area (Å²) in [6.07, 6.45) is 0. The highest BCUT2D eigenvalue weighted by molar-refractivity contribution is 7.09. The van der Waals surface area contributed by atoms with E-state index in [1.165, 1.54) is 17.0 Å². The molecule has 0 unspecified atom stereocenters. The molecule has 0 aliphatic heterocycles. The van der Waals surface area contributed by atoms with E-state index in [1.54, 1.807) is 17.4 Å². The van der Waals surface area contributed by atoms with Crippen molar-refractivity contribution in [2.75, 3.05) is 18.4 Å². The molecule has 2 N–H and O–H groups in total. The van der Waals surface area contributed by atoms with Gasteiger partial charge in [0, 0.05) is 36.6 Å². The molecule has 8 heteroatoms. The first-order valence-electron chi connectivity index (χ1n) is 8.74. The number of rotatable bonds is 10. The molecule has 6 nitrogen and oxygen atoms in total. The summed E-state index contributed by atoms with van der Waals surface area (Å²) in [5, 5.41) is 19.6. The molecule has 3 aromatic rings. The summed E-state index contributed by atoms with van der Waals surface area (Å²) in [7, 11) is 0.